The standard InChI is InChI=1S/C11H8N2O/c1-8-4-2-3-5-10(8)11-13-9(6-12)7-14-11/h2-5,7H,1H3. The molecule has 0 radical (unpaired) electrons. The molecule has 0 saturated carbocycles. The summed E-state index contributed by atoms with van der Waals surface area (Å²) in [6.07, 6.45) is 1.36. The van der Waals surface area contributed by atoms with Gasteiger partial charge in [-0.25, -0.2) is 0 Å². The van der Waals surface area contributed by atoms with Crippen molar-refractivity contribution in [1.82, 2.24) is 4.98 Å². The second-order valence-electron chi connectivity index (χ2n) is 2.96. The van der Waals surface area contributed by atoms with Crippen LogP contribution in [0.5, 0.6) is 0 Å². The fraction of sp³-hybridized carbons (Fsp3) is 0.0909. The van der Waals surface area contributed by atoms with E-state index < -0.39 is 0 Å². The van der Waals surface area contributed by atoms with Gasteiger partial charge in [0.1, 0.15) is 12.3 Å². The van der Waals surface area contributed by atoms with Crippen LogP contribution in [0.15, 0.2) is 34.9 Å². The first-order chi connectivity index (χ1) is 6.81. The summed E-state index contributed by atoms with van der Waals surface area (Å²) in [5, 5.41) is 8.59. The molecule has 0 fully saturated rings. The van der Waals surface area contributed by atoms with Crippen molar-refractivity contribution in [2.45, 2.75) is 6.92 Å². The van der Waals surface area contributed by atoms with E-state index in [2.05, 4.69) is 4.98 Å². The second kappa shape index (κ2) is 3.35. The first-order valence-corrected chi connectivity index (χ1v) is 4.23. The second-order valence-corrected chi connectivity index (χ2v) is 2.96. The van der Waals surface area contributed by atoms with E-state index >= 15 is 0 Å². The molecular weight excluding hydrogens is 176 g/mol. The van der Waals surface area contributed by atoms with Gasteiger partial charge in [0, 0.05) is 5.56 Å². The van der Waals surface area contributed by atoms with Crippen LogP contribution in [0.2, 0.25) is 0 Å². The maximum Gasteiger partial charge on any atom is 0.227 e. The molecule has 0 spiro atoms. The summed E-state index contributed by atoms with van der Waals surface area (Å²) >= 11 is 0. The number of nitriles is 1. The van der Waals surface area contributed by atoms with Gasteiger partial charge in [-0.05, 0) is 18.6 Å². The van der Waals surface area contributed by atoms with Crippen molar-refractivity contribution in [2.24, 2.45) is 0 Å². The lowest BCUT2D eigenvalue weighted by Gasteiger charge is -1.98. The Morgan fingerprint density at radius 3 is 2.79 bits per heavy atom. The van der Waals surface area contributed by atoms with Crippen molar-refractivity contribution in [3.05, 3.63) is 41.8 Å². The lowest BCUT2D eigenvalue weighted by Crippen LogP contribution is -1.82. The molecule has 0 saturated heterocycles. The molecule has 1 aromatic heterocycles. The third-order valence-electron chi connectivity index (χ3n) is 1.99. The summed E-state index contributed by atoms with van der Waals surface area (Å²) in [6, 6.07) is 9.70. The van der Waals surface area contributed by atoms with E-state index in [0.29, 0.717) is 11.6 Å². The van der Waals surface area contributed by atoms with E-state index in [0.717, 1.165) is 11.1 Å². The number of rotatable bonds is 1. The quantitative estimate of drug-likeness (QED) is 0.684. The van der Waals surface area contributed by atoms with Crippen molar-refractivity contribution in [1.29, 1.82) is 5.26 Å². The fourth-order valence-electron chi connectivity index (χ4n) is 1.26. The van der Waals surface area contributed by atoms with Gasteiger partial charge >= 0.3 is 0 Å². The smallest absolute Gasteiger partial charge is 0.227 e. The van der Waals surface area contributed by atoms with Gasteiger partial charge in [-0.2, -0.15) is 10.2 Å². The molecule has 1 heterocycles. The predicted octanol–water partition coefficient (Wildman–Crippen LogP) is 2.52. The zero-order chi connectivity index (χ0) is 9.97. The van der Waals surface area contributed by atoms with Crippen LogP contribution in [0.4, 0.5) is 0 Å². The fourth-order valence-corrected chi connectivity index (χ4v) is 1.26. The van der Waals surface area contributed by atoms with Gasteiger partial charge in [0.05, 0.1) is 0 Å². The average molecular weight is 184 g/mol. The zero-order valence-corrected chi connectivity index (χ0v) is 7.69. The highest BCUT2D eigenvalue weighted by molar-refractivity contribution is 5.58. The van der Waals surface area contributed by atoms with Crippen LogP contribution in [-0.2, 0) is 0 Å². The Hall–Kier alpha value is -2.08. The van der Waals surface area contributed by atoms with Crippen molar-refractivity contribution >= 4 is 0 Å². The highest BCUT2D eigenvalue weighted by Crippen LogP contribution is 2.21. The van der Waals surface area contributed by atoms with Crippen LogP contribution in [0, 0.1) is 18.3 Å². The molecule has 0 N–H and O–H groups in total. The van der Waals surface area contributed by atoms with E-state index in [1.807, 2.05) is 37.3 Å². The first-order valence-electron chi connectivity index (χ1n) is 4.23. The Labute approximate surface area is 81.6 Å². The Morgan fingerprint density at radius 2 is 2.14 bits per heavy atom. The third-order valence-corrected chi connectivity index (χ3v) is 1.99. The molecular formula is C11H8N2O. The Bertz CT molecular complexity index is 494. The van der Waals surface area contributed by atoms with E-state index in [-0.39, 0.29) is 0 Å². The summed E-state index contributed by atoms with van der Waals surface area (Å²) in [5.41, 5.74) is 2.32. The number of aryl methyl sites for hydroxylation is 1. The van der Waals surface area contributed by atoms with Gasteiger partial charge in [0.25, 0.3) is 0 Å². The minimum absolute atomic E-state index is 0.309. The summed E-state index contributed by atoms with van der Waals surface area (Å²) in [6.45, 7) is 1.98. The van der Waals surface area contributed by atoms with Gasteiger partial charge in [-0.15, -0.1) is 0 Å². The Morgan fingerprint density at radius 1 is 1.36 bits per heavy atom. The molecule has 0 aliphatic heterocycles. The molecule has 14 heavy (non-hydrogen) atoms. The normalized spacial score (nSPS) is 9.71. The van der Waals surface area contributed by atoms with Crippen molar-refractivity contribution in [2.75, 3.05) is 0 Å². The van der Waals surface area contributed by atoms with Gasteiger partial charge < -0.3 is 4.42 Å². The lowest BCUT2D eigenvalue weighted by molar-refractivity contribution is 0.573. The average Bonchev–Trinajstić information content (AvgIpc) is 2.67. The summed E-state index contributed by atoms with van der Waals surface area (Å²) < 4.78 is 5.19. The highest BCUT2D eigenvalue weighted by Gasteiger charge is 2.07. The maximum absolute atomic E-state index is 8.59. The van der Waals surface area contributed by atoms with E-state index in [1.54, 1.807) is 0 Å². The van der Waals surface area contributed by atoms with E-state index in [9.17, 15) is 0 Å². The molecule has 68 valence electrons. The Balaban J connectivity index is 2.51. The topological polar surface area (TPSA) is 49.8 Å². The predicted molar refractivity (Wildman–Crippen MR) is 51.4 cm³/mol. The number of benzene rings is 1. The van der Waals surface area contributed by atoms with Gasteiger partial charge in [0.15, 0.2) is 5.69 Å². The molecule has 0 amide bonds. The number of aromatic nitrogens is 1. The number of hydrogen-bond donors (Lipinski definition) is 0. The zero-order valence-electron chi connectivity index (χ0n) is 7.69. The van der Waals surface area contributed by atoms with E-state index in [4.69, 9.17) is 9.68 Å². The van der Waals surface area contributed by atoms with Crippen molar-refractivity contribution in [3.8, 4) is 17.5 Å². The van der Waals surface area contributed by atoms with Crippen LogP contribution in [0.25, 0.3) is 11.5 Å². The van der Waals surface area contributed by atoms with Crippen LogP contribution in [0.1, 0.15) is 11.3 Å². The third kappa shape index (κ3) is 1.38. The van der Waals surface area contributed by atoms with Crippen LogP contribution in [-0.4, -0.2) is 4.98 Å². The molecule has 0 bridgehead atoms. The van der Waals surface area contributed by atoms with Crippen LogP contribution < -0.4 is 0 Å². The van der Waals surface area contributed by atoms with Crippen LogP contribution >= 0.6 is 0 Å². The number of nitrogens with zero attached hydrogens (tertiary/aromatic N) is 2. The van der Waals surface area contributed by atoms with Gasteiger partial charge in [-0.3, -0.25) is 0 Å². The number of oxazole rings is 1. The molecule has 0 aliphatic carbocycles. The molecule has 0 unspecified atom stereocenters. The molecule has 0 aliphatic rings. The molecule has 2 aromatic rings. The molecule has 3 nitrogen and oxygen atoms in total. The van der Waals surface area contributed by atoms with E-state index in [1.165, 1.54) is 6.26 Å². The minimum atomic E-state index is 0.309. The number of hydrogen-bond acceptors (Lipinski definition) is 3. The van der Waals surface area contributed by atoms with Crippen molar-refractivity contribution < 1.29 is 4.42 Å². The Kier molecular flexibility index (Phi) is 2.04. The molecule has 2 rings (SSSR count). The molecule has 1 aromatic carbocycles. The monoisotopic (exact) mass is 184 g/mol. The summed E-state index contributed by atoms with van der Waals surface area (Å²) in [5.74, 6) is 0.500. The highest BCUT2D eigenvalue weighted by atomic mass is 16.3. The van der Waals surface area contributed by atoms with Gasteiger partial charge in [-0.1, -0.05) is 18.2 Å². The first kappa shape index (κ1) is 8.52. The maximum atomic E-state index is 8.59. The van der Waals surface area contributed by atoms with Crippen LogP contribution in [0.3, 0.4) is 0 Å². The van der Waals surface area contributed by atoms with Crippen molar-refractivity contribution in [3.63, 3.8) is 0 Å². The summed E-state index contributed by atoms with van der Waals surface area (Å²) in [4.78, 5) is 4.03. The summed E-state index contributed by atoms with van der Waals surface area (Å²) in [7, 11) is 0. The SMILES string of the molecule is Cc1ccccc1-c1nc(C#N)co1. The van der Waals surface area contributed by atoms with Gasteiger partial charge in [0.2, 0.25) is 5.89 Å². The largest absolute Gasteiger partial charge is 0.443 e. The molecule has 0 atom stereocenters. The molecule has 3 heteroatoms. The lowest BCUT2D eigenvalue weighted by atomic mass is 10.1. The minimum Gasteiger partial charge on any atom is -0.443 e.